The molecule has 0 radical (unpaired) electrons. The van der Waals surface area contributed by atoms with Crippen LogP contribution in [0.3, 0.4) is 0 Å². The number of guanidine groups is 1. The Balaban J connectivity index is 0.00000264. The van der Waals surface area contributed by atoms with Gasteiger partial charge in [0.05, 0.1) is 11.5 Å². The maximum Gasteiger partial charge on any atom is 0.193 e. The largest absolute Gasteiger partial charge is 0.356 e. The van der Waals surface area contributed by atoms with Gasteiger partial charge in [-0.1, -0.05) is 26.7 Å². The lowest BCUT2D eigenvalue weighted by atomic mass is 9.87. The molecule has 0 amide bonds. The van der Waals surface area contributed by atoms with Gasteiger partial charge >= 0.3 is 0 Å². The van der Waals surface area contributed by atoms with Crippen molar-refractivity contribution in [3.8, 4) is 0 Å². The van der Waals surface area contributed by atoms with Crippen LogP contribution in [0.15, 0.2) is 4.99 Å². The van der Waals surface area contributed by atoms with Crippen LogP contribution in [0.5, 0.6) is 0 Å². The number of hydrogen-bond acceptors (Lipinski definition) is 3. The minimum absolute atomic E-state index is 0. The average molecular weight is 457 g/mol. The summed E-state index contributed by atoms with van der Waals surface area (Å²) in [4.78, 5) is 6.73. The Hall–Kier alpha value is -0.0500. The first-order valence-corrected chi connectivity index (χ1v) is 10.5. The molecule has 2 aliphatic rings. The monoisotopic (exact) mass is 457 g/mol. The van der Waals surface area contributed by atoms with Gasteiger partial charge in [0, 0.05) is 26.7 Å². The zero-order valence-corrected chi connectivity index (χ0v) is 17.8. The summed E-state index contributed by atoms with van der Waals surface area (Å²) in [6, 6.07) is 0. The molecule has 0 saturated carbocycles. The van der Waals surface area contributed by atoms with Gasteiger partial charge in [-0.25, -0.2) is 8.42 Å². The highest BCUT2D eigenvalue weighted by atomic mass is 127. The second kappa shape index (κ2) is 9.44. The molecule has 0 aromatic heterocycles. The molecule has 2 aliphatic heterocycles. The van der Waals surface area contributed by atoms with Crippen molar-refractivity contribution in [2.45, 2.75) is 39.5 Å². The van der Waals surface area contributed by atoms with Gasteiger partial charge in [-0.15, -0.1) is 24.0 Å². The lowest BCUT2D eigenvalue weighted by molar-refractivity contribution is 0.318. The Labute approximate surface area is 158 Å². The van der Waals surface area contributed by atoms with Crippen LogP contribution in [0.1, 0.15) is 39.5 Å². The molecule has 5 nitrogen and oxygen atoms in total. The molecule has 136 valence electrons. The zero-order valence-electron chi connectivity index (χ0n) is 14.6. The first-order valence-electron chi connectivity index (χ1n) is 8.65. The van der Waals surface area contributed by atoms with E-state index in [1.807, 2.05) is 7.05 Å². The molecule has 7 heteroatoms. The van der Waals surface area contributed by atoms with Gasteiger partial charge in [0.15, 0.2) is 15.8 Å². The van der Waals surface area contributed by atoms with Gasteiger partial charge in [0.25, 0.3) is 0 Å². The van der Waals surface area contributed by atoms with Gasteiger partial charge < -0.3 is 10.2 Å². The Bertz CT molecular complexity index is 492. The predicted molar refractivity (Wildman–Crippen MR) is 107 cm³/mol. The van der Waals surface area contributed by atoms with Crippen molar-refractivity contribution in [3.63, 3.8) is 0 Å². The molecule has 2 atom stereocenters. The number of nitrogens with zero attached hydrogens (tertiary/aromatic N) is 2. The van der Waals surface area contributed by atoms with E-state index in [0.29, 0.717) is 11.5 Å². The van der Waals surface area contributed by atoms with Gasteiger partial charge in [-0.05, 0) is 30.6 Å². The maximum atomic E-state index is 11.5. The third kappa shape index (κ3) is 5.76. The predicted octanol–water partition coefficient (Wildman–Crippen LogP) is 2.37. The number of hydrogen-bond donors (Lipinski definition) is 1. The van der Waals surface area contributed by atoms with Crippen molar-refractivity contribution in [2.24, 2.45) is 22.7 Å². The first kappa shape index (κ1) is 21.0. The van der Waals surface area contributed by atoms with Crippen LogP contribution in [0.4, 0.5) is 0 Å². The van der Waals surface area contributed by atoms with E-state index in [4.69, 9.17) is 0 Å². The second-order valence-corrected chi connectivity index (χ2v) is 9.00. The van der Waals surface area contributed by atoms with Crippen molar-refractivity contribution < 1.29 is 8.42 Å². The summed E-state index contributed by atoms with van der Waals surface area (Å²) in [5.41, 5.74) is 0. The number of likely N-dealkylation sites (tertiary alicyclic amines) is 1. The quantitative estimate of drug-likeness (QED) is 0.391. The van der Waals surface area contributed by atoms with E-state index in [9.17, 15) is 8.42 Å². The number of halogens is 1. The summed E-state index contributed by atoms with van der Waals surface area (Å²) in [5.74, 6) is 3.42. The van der Waals surface area contributed by atoms with Gasteiger partial charge in [0.1, 0.15) is 0 Å². The maximum absolute atomic E-state index is 11.5. The van der Waals surface area contributed by atoms with E-state index < -0.39 is 9.84 Å². The minimum Gasteiger partial charge on any atom is -0.356 e. The summed E-state index contributed by atoms with van der Waals surface area (Å²) in [6.45, 7) is 7.42. The Morgan fingerprint density at radius 2 is 2.00 bits per heavy atom. The number of nitrogens with one attached hydrogen (secondary N) is 1. The minimum atomic E-state index is -2.79. The van der Waals surface area contributed by atoms with Crippen molar-refractivity contribution in [2.75, 3.05) is 38.2 Å². The number of aliphatic imine (C=N–C) groups is 1. The van der Waals surface area contributed by atoms with E-state index in [1.54, 1.807) is 0 Å². The lowest BCUT2D eigenvalue weighted by Gasteiger charge is -2.25. The molecular formula is C16H32IN3O2S. The fourth-order valence-electron chi connectivity index (χ4n) is 3.92. The molecule has 1 N–H and O–H groups in total. The summed E-state index contributed by atoms with van der Waals surface area (Å²) in [5, 5.41) is 3.40. The second-order valence-electron chi connectivity index (χ2n) is 6.77. The highest BCUT2D eigenvalue weighted by Crippen LogP contribution is 2.28. The Kier molecular flexibility index (Phi) is 8.61. The van der Waals surface area contributed by atoms with Gasteiger partial charge in [0.2, 0.25) is 0 Å². The summed E-state index contributed by atoms with van der Waals surface area (Å²) in [6.07, 6.45) is 4.52. The molecule has 0 bridgehead atoms. The van der Waals surface area contributed by atoms with Gasteiger partial charge in [-0.2, -0.15) is 0 Å². The van der Waals surface area contributed by atoms with Crippen molar-refractivity contribution >= 4 is 39.8 Å². The molecular weight excluding hydrogens is 425 g/mol. The molecule has 0 spiro atoms. The molecule has 23 heavy (non-hydrogen) atoms. The molecule has 0 aromatic rings. The third-order valence-corrected chi connectivity index (χ3v) is 7.16. The summed E-state index contributed by atoms with van der Waals surface area (Å²) >= 11 is 0. The zero-order chi connectivity index (χ0) is 16.2. The van der Waals surface area contributed by atoms with Gasteiger partial charge in [-0.3, -0.25) is 4.99 Å². The van der Waals surface area contributed by atoms with Crippen LogP contribution in [0.25, 0.3) is 0 Å². The summed E-state index contributed by atoms with van der Waals surface area (Å²) in [7, 11) is -0.972. The van der Waals surface area contributed by atoms with Crippen molar-refractivity contribution in [1.29, 1.82) is 0 Å². The lowest BCUT2D eigenvalue weighted by Crippen LogP contribution is -2.42. The van der Waals surface area contributed by atoms with E-state index in [0.717, 1.165) is 43.9 Å². The normalized spacial score (nSPS) is 27.3. The fraction of sp³-hybridized carbons (Fsp3) is 0.938. The smallest absolute Gasteiger partial charge is 0.193 e. The number of rotatable bonds is 5. The van der Waals surface area contributed by atoms with Crippen LogP contribution < -0.4 is 5.32 Å². The molecule has 0 aromatic carbocycles. The van der Waals surface area contributed by atoms with Crippen LogP contribution in [0, 0.1) is 17.8 Å². The van der Waals surface area contributed by atoms with Crippen molar-refractivity contribution in [3.05, 3.63) is 0 Å². The molecule has 2 rings (SSSR count). The number of sulfone groups is 1. The molecule has 2 saturated heterocycles. The summed E-state index contributed by atoms with van der Waals surface area (Å²) < 4.78 is 23.1. The highest BCUT2D eigenvalue weighted by molar-refractivity contribution is 14.0. The molecule has 2 heterocycles. The highest BCUT2D eigenvalue weighted by Gasteiger charge is 2.31. The topological polar surface area (TPSA) is 61.8 Å². The molecule has 0 aliphatic carbocycles. The van der Waals surface area contributed by atoms with Crippen LogP contribution in [0.2, 0.25) is 0 Å². The van der Waals surface area contributed by atoms with E-state index in [-0.39, 0.29) is 29.9 Å². The van der Waals surface area contributed by atoms with Crippen LogP contribution >= 0.6 is 24.0 Å². The Morgan fingerprint density at radius 1 is 1.30 bits per heavy atom. The van der Waals surface area contributed by atoms with Crippen LogP contribution in [-0.2, 0) is 9.84 Å². The van der Waals surface area contributed by atoms with E-state index in [2.05, 4.69) is 29.1 Å². The van der Waals surface area contributed by atoms with E-state index >= 15 is 0 Å². The van der Waals surface area contributed by atoms with Crippen molar-refractivity contribution in [1.82, 2.24) is 10.2 Å². The fourth-order valence-corrected chi connectivity index (χ4v) is 5.78. The standard InChI is InChI=1S/C16H31N3O2S.HI/c1-4-14(5-2)15-6-8-19(11-15)16(17-3)18-10-13-7-9-22(20,21)12-13;/h13-15H,4-12H2,1-3H3,(H,17,18);1H. The average Bonchev–Trinajstić information content (AvgIpc) is 3.08. The van der Waals surface area contributed by atoms with E-state index in [1.165, 1.54) is 19.3 Å². The SMILES string of the molecule is CCC(CC)C1CCN(C(=NC)NCC2CCS(=O)(=O)C2)C1.I. The Morgan fingerprint density at radius 3 is 2.52 bits per heavy atom. The molecule has 2 unspecified atom stereocenters. The first-order chi connectivity index (χ1) is 10.5. The molecule has 2 fully saturated rings. The van der Waals surface area contributed by atoms with Crippen LogP contribution in [-0.4, -0.2) is 57.5 Å². The third-order valence-electron chi connectivity index (χ3n) is 5.33.